The standard InChI is InChI=1S/C15H10N2O2/c16-9-12-1-5-14(6-2-12)18-11-19-15-7-3-13(10-17)4-8-15/h1-8H,11H2. The minimum absolute atomic E-state index is 0.0673. The van der Waals surface area contributed by atoms with Gasteiger partial charge in [-0.05, 0) is 48.5 Å². The third-order valence-corrected chi connectivity index (χ3v) is 2.42. The molecule has 4 nitrogen and oxygen atoms in total. The number of ether oxygens (including phenoxy) is 2. The molecule has 0 N–H and O–H groups in total. The van der Waals surface area contributed by atoms with Crippen molar-refractivity contribution in [2.45, 2.75) is 0 Å². The maximum absolute atomic E-state index is 8.66. The Kier molecular flexibility index (Phi) is 4.00. The van der Waals surface area contributed by atoms with E-state index >= 15 is 0 Å². The van der Waals surface area contributed by atoms with Gasteiger partial charge >= 0.3 is 0 Å². The molecule has 19 heavy (non-hydrogen) atoms. The Labute approximate surface area is 111 Å². The third-order valence-electron chi connectivity index (χ3n) is 2.42. The van der Waals surface area contributed by atoms with Gasteiger partial charge in [-0.3, -0.25) is 0 Å². The van der Waals surface area contributed by atoms with Crippen LogP contribution in [-0.4, -0.2) is 6.79 Å². The molecule has 0 aliphatic carbocycles. The number of nitriles is 2. The van der Waals surface area contributed by atoms with Crippen LogP contribution in [0, 0.1) is 22.7 Å². The number of hydrogen-bond donors (Lipinski definition) is 0. The van der Waals surface area contributed by atoms with E-state index in [1.807, 2.05) is 12.1 Å². The van der Waals surface area contributed by atoms with Gasteiger partial charge in [0.05, 0.1) is 23.3 Å². The molecule has 2 rings (SSSR count). The first kappa shape index (κ1) is 12.5. The molecule has 0 saturated heterocycles. The molecule has 2 aromatic rings. The Hall–Kier alpha value is -2.98. The Morgan fingerprint density at radius 2 is 1.05 bits per heavy atom. The highest BCUT2D eigenvalue weighted by atomic mass is 16.7. The highest BCUT2D eigenvalue weighted by Gasteiger charge is 1.97. The zero-order valence-electron chi connectivity index (χ0n) is 10.0. The predicted molar refractivity (Wildman–Crippen MR) is 68.4 cm³/mol. The normalized spacial score (nSPS) is 9.16. The molecule has 0 unspecified atom stereocenters. The van der Waals surface area contributed by atoms with Crippen molar-refractivity contribution >= 4 is 0 Å². The monoisotopic (exact) mass is 250 g/mol. The molecule has 2 aromatic carbocycles. The van der Waals surface area contributed by atoms with E-state index in [0.29, 0.717) is 22.6 Å². The summed E-state index contributed by atoms with van der Waals surface area (Å²) >= 11 is 0. The Bertz CT molecular complexity index is 562. The van der Waals surface area contributed by atoms with Gasteiger partial charge in [-0.25, -0.2) is 0 Å². The number of hydrogen-bond acceptors (Lipinski definition) is 4. The van der Waals surface area contributed by atoms with E-state index in [-0.39, 0.29) is 6.79 Å². The van der Waals surface area contributed by atoms with Crippen LogP contribution in [-0.2, 0) is 0 Å². The maximum Gasteiger partial charge on any atom is 0.230 e. The van der Waals surface area contributed by atoms with Gasteiger partial charge in [0.15, 0.2) is 0 Å². The van der Waals surface area contributed by atoms with Gasteiger partial charge in [-0.1, -0.05) is 0 Å². The highest BCUT2D eigenvalue weighted by Crippen LogP contribution is 2.14. The molecular weight excluding hydrogens is 240 g/mol. The quantitative estimate of drug-likeness (QED) is 0.782. The molecule has 0 aliphatic heterocycles. The lowest BCUT2D eigenvalue weighted by Crippen LogP contribution is -2.05. The van der Waals surface area contributed by atoms with Gasteiger partial charge < -0.3 is 9.47 Å². The predicted octanol–water partition coefficient (Wildman–Crippen LogP) is 2.85. The van der Waals surface area contributed by atoms with Gasteiger partial charge in [-0.2, -0.15) is 10.5 Å². The summed E-state index contributed by atoms with van der Waals surface area (Å²) in [6.07, 6.45) is 0. The minimum atomic E-state index is 0.0673. The van der Waals surface area contributed by atoms with Crippen molar-refractivity contribution in [3.63, 3.8) is 0 Å². The smallest absolute Gasteiger partial charge is 0.230 e. The van der Waals surface area contributed by atoms with E-state index in [2.05, 4.69) is 0 Å². The van der Waals surface area contributed by atoms with Crippen LogP contribution in [0.2, 0.25) is 0 Å². The van der Waals surface area contributed by atoms with Gasteiger partial charge in [0.2, 0.25) is 6.79 Å². The first-order chi connectivity index (χ1) is 9.31. The summed E-state index contributed by atoms with van der Waals surface area (Å²) < 4.78 is 10.7. The van der Waals surface area contributed by atoms with E-state index in [4.69, 9.17) is 20.0 Å². The van der Waals surface area contributed by atoms with E-state index in [1.165, 1.54) is 0 Å². The Morgan fingerprint density at radius 3 is 1.37 bits per heavy atom. The van der Waals surface area contributed by atoms with Crippen molar-refractivity contribution in [2.24, 2.45) is 0 Å². The summed E-state index contributed by atoms with van der Waals surface area (Å²) in [4.78, 5) is 0. The molecule has 0 bridgehead atoms. The lowest BCUT2D eigenvalue weighted by Gasteiger charge is -2.08. The number of benzene rings is 2. The second kappa shape index (κ2) is 6.09. The third kappa shape index (κ3) is 3.49. The summed E-state index contributed by atoms with van der Waals surface area (Å²) in [5.74, 6) is 1.26. The van der Waals surface area contributed by atoms with E-state index in [1.54, 1.807) is 48.5 Å². The molecule has 0 fully saturated rings. The zero-order chi connectivity index (χ0) is 13.5. The van der Waals surface area contributed by atoms with Crippen LogP contribution in [0.15, 0.2) is 48.5 Å². The first-order valence-electron chi connectivity index (χ1n) is 5.58. The van der Waals surface area contributed by atoms with Gasteiger partial charge in [-0.15, -0.1) is 0 Å². The topological polar surface area (TPSA) is 66.0 Å². The molecule has 0 spiro atoms. The summed E-state index contributed by atoms with van der Waals surface area (Å²) in [5.41, 5.74) is 1.17. The van der Waals surface area contributed by atoms with Crippen LogP contribution >= 0.6 is 0 Å². The van der Waals surface area contributed by atoms with Crippen molar-refractivity contribution in [1.82, 2.24) is 0 Å². The van der Waals surface area contributed by atoms with Crippen LogP contribution < -0.4 is 9.47 Å². The van der Waals surface area contributed by atoms with Gasteiger partial charge in [0.1, 0.15) is 11.5 Å². The summed E-state index contributed by atoms with van der Waals surface area (Å²) in [7, 11) is 0. The van der Waals surface area contributed by atoms with E-state index in [9.17, 15) is 0 Å². The first-order valence-corrected chi connectivity index (χ1v) is 5.58. The van der Waals surface area contributed by atoms with Crippen LogP contribution in [0.1, 0.15) is 11.1 Å². The van der Waals surface area contributed by atoms with Crippen molar-refractivity contribution in [2.75, 3.05) is 6.79 Å². The van der Waals surface area contributed by atoms with Gasteiger partial charge in [0.25, 0.3) is 0 Å². The average Bonchev–Trinajstić information content (AvgIpc) is 2.49. The van der Waals surface area contributed by atoms with Crippen LogP contribution in [0.3, 0.4) is 0 Å². The fraction of sp³-hybridized carbons (Fsp3) is 0.0667. The van der Waals surface area contributed by atoms with E-state index < -0.39 is 0 Å². The minimum Gasteiger partial charge on any atom is -0.458 e. The highest BCUT2D eigenvalue weighted by molar-refractivity contribution is 5.35. The largest absolute Gasteiger partial charge is 0.458 e. The molecule has 0 aliphatic rings. The molecule has 4 heteroatoms. The fourth-order valence-electron chi connectivity index (χ4n) is 1.42. The SMILES string of the molecule is N#Cc1ccc(OCOc2ccc(C#N)cc2)cc1. The van der Waals surface area contributed by atoms with Gasteiger partial charge in [0, 0.05) is 0 Å². The Balaban J connectivity index is 1.85. The summed E-state index contributed by atoms with van der Waals surface area (Å²) in [6.45, 7) is 0.0673. The molecule has 0 atom stereocenters. The van der Waals surface area contributed by atoms with Crippen molar-refractivity contribution in [3.8, 4) is 23.6 Å². The average molecular weight is 250 g/mol. The van der Waals surface area contributed by atoms with E-state index in [0.717, 1.165) is 0 Å². The second-order valence-corrected chi connectivity index (χ2v) is 3.68. The fourth-order valence-corrected chi connectivity index (χ4v) is 1.42. The van der Waals surface area contributed by atoms with Crippen LogP contribution in [0.25, 0.3) is 0 Å². The number of rotatable bonds is 4. The Morgan fingerprint density at radius 1 is 0.684 bits per heavy atom. The van der Waals surface area contributed by atoms with Crippen LogP contribution in [0.4, 0.5) is 0 Å². The molecule has 92 valence electrons. The van der Waals surface area contributed by atoms with Crippen molar-refractivity contribution < 1.29 is 9.47 Å². The van der Waals surface area contributed by atoms with Crippen molar-refractivity contribution in [1.29, 1.82) is 10.5 Å². The number of nitrogens with zero attached hydrogens (tertiary/aromatic N) is 2. The maximum atomic E-state index is 8.66. The lowest BCUT2D eigenvalue weighted by atomic mass is 10.2. The molecule has 0 amide bonds. The summed E-state index contributed by atoms with van der Waals surface area (Å²) in [6, 6.07) is 17.6. The molecule has 0 radical (unpaired) electrons. The molecule has 0 heterocycles. The zero-order valence-corrected chi connectivity index (χ0v) is 10.0. The molecule has 0 saturated carbocycles. The summed E-state index contributed by atoms with van der Waals surface area (Å²) in [5, 5.41) is 17.3. The second-order valence-electron chi connectivity index (χ2n) is 3.68. The van der Waals surface area contributed by atoms with Crippen LogP contribution in [0.5, 0.6) is 11.5 Å². The van der Waals surface area contributed by atoms with Crippen molar-refractivity contribution in [3.05, 3.63) is 59.7 Å². The molecule has 0 aromatic heterocycles. The molecular formula is C15H10N2O2. The lowest BCUT2D eigenvalue weighted by molar-refractivity contribution is 0.120.